The van der Waals surface area contributed by atoms with Crippen molar-refractivity contribution < 1.29 is 0 Å². The highest BCUT2D eigenvalue weighted by atomic mass is 14.1. The van der Waals surface area contributed by atoms with Crippen molar-refractivity contribution in [1.82, 2.24) is 0 Å². The molecule has 0 nitrogen and oxygen atoms in total. The molecule has 9 aromatic rings. The Morgan fingerprint density at radius 3 is 0.870 bits per heavy atom. The summed E-state index contributed by atoms with van der Waals surface area (Å²) in [5.41, 5.74) is 14.5. The van der Waals surface area contributed by atoms with Crippen LogP contribution in [0.5, 0.6) is 0 Å². The van der Waals surface area contributed by atoms with Crippen LogP contribution in [0.25, 0.3) is 67.1 Å². The summed E-state index contributed by atoms with van der Waals surface area (Å²) in [6.07, 6.45) is 4.57. The van der Waals surface area contributed by atoms with Crippen LogP contribution >= 0.6 is 0 Å². The summed E-state index contributed by atoms with van der Waals surface area (Å²) in [6, 6.07) is 78.6. The monoisotopic (exact) mass is 686 g/mol. The molecular weight excluding hydrogens is 649 g/mol. The third kappa shape index (κ3) is 6.94. The van der Waals surface area contributed by atoms with Gasteiger partial charge in [-0.15, -0.1) is 0 Å². The molecule has 0 amide bonds. The second kappa shape index (κ2) is 14.9. The van der Waals surface area contributed by atoms with E-state index >= 15 is 0 Å². The largest absolute Gasteiger partial charge is 0.0622 e. The highest BCUT2D eigenvalue weighted by molar-refractivity contribution is 6.09. The van der Waals surface area contributed by atoms with Crippen LogP contribution in [0.1, 0.15) is 33.4 Å². The molecule has 9 aromatic carbocycles. The van der Waals surface area contributed by atoms with E-state index in [9.17, 15) is 0 Å². The topological polar surface area (TPSA) is 0 Å². The Bertz CT molecular complexity index is 2460. The first-order valence-electron chi connectivity index (χ1n) is 18.6. The predicted molar refractivity (Wildman–Crippen MR) is 232 cm³/mol. The van der Waals surface area contributed by atoms with Crippen molar-refractivity contribution in [2.24, 2.45) is 0 Å². The number of hydrogen-bond donors (Lipinski definition) is 0. The van der Waals surface area contributed by atoms with Gasteiger partial charge in [0.25, 0.3) is 0 Å². The van der Waals surface area contributed by atoms with Crippen molar-refractivity contribution in [1.29, 1.82) is 0 Å². The molecule has 0 saturated heterocycles. The van der Waals surface area contributed by atoms with Gasteiger partial charge in [0, 0.05) is 0 Å². The molecular formula is C54H38. The van der Waals surface area contributed by atoms with Crippen LogP contribution in [0.2, 0.25) is 0 Å². The Labute approximate surface area is 317 Å². The fourth-order valence-corrected chi connectivity index (χ4v) is 7.44. The van der Waals surface area contributed by atoms with Crippen molar-refractivity contribution in [2.45, 2.75) is 0 Å². The predicted octanol–water partition coefficient (Wildman–Crippen LogP) is 14.5. The number of fused-ring (bicyclic) bond motifs is 3. The zero-order valence-corrected chi connectivity index (χ0v) is 29.9. The highest BCUT2D eigenvalue weighted by Gasteiger charge is 2.09. The zero-order valence-electron chi connectivity index (χ0n) is 29.9. The van der Waals surface area contributed by atoms with Gasteiger partial charge < -0.3 is 0 Å². The van der Waals surface area contributed by atoms with E-state index in [4.69, 9.17) is 0 Å². The van der Waals surface area contributed by atoms with Gasteiger partial charge >= 0.3 is 0 Å². The molecule has 0 radical (unpaired) electrons. The molecule has 0 heteroatoms. The SMILES string of the molecule is C(=C(c1ccccc1)c1ccccc1)c1ccc(-c2ccc3c(ccc4cc(-c5ccc(C=C(c6ccccc6)c6ccccc6)cc5)ccc43)c2)cc1. The van der Waals surface area contributed by atoms with E-state index in [0.717, 1.165) is 0 Å². The standard InChI is InChI=1S/C54H38/c1-5-13-43(14-6-1)53(44-15-7-2-8-16-44)35-39-21-25-41(26-22-39)47-31-33-51-49(37-47)29-30-50-38-48(32-34-52(50)51)42-27-23-40(24-28-42)36-54(45-17-9-3-10-18-45)46-19-11-4-12-20-46/h1-38H. The normalized spacial score (nSPS) is 11.0. The summed E-state index contributed by atoms with van der Waals surface area (Å²) in [7, 11) is 0. The van der Waals surface area contributed by atoms with E-state index in [1.807, 2.05) is 0 Å². The molecule has 0 saturated carbocycles. The molecule has 254 valence electrons. The highest BCUT2D eigenvalue weighted by Crippen LogP contribution is 2.34. The number of hydrogen-bond acceptors (Lipinski definition) is 0. The Balaban J connectivity index is 0.974. The Morgan fingerprint density at radius 2 is 0.556 bits per heavy atom. The van der Waals surface area contributed by atoms with Crippen LogP contribution in [0.4, 0.5) is 0 Å². The summed E-state index contributed by atoms with van der Waals surface area (Å²) < 4.78 is 0. The summed E-state index contributed by atoms with van der Waals surface area (Å²) >= 11 is 0. The fraction of sp³-hybridized carbons (Fsp3) is 0. The maximum Gasteiger partial charge on any atom is -0.0105 e. The summed E-state index contributed by atoms with van der Waals surface area (Å²) in [6.45, 7) is 0. The van der Waals surface area contributed by atoms with Crippen molar-refractivity contribution in [2.75, 3.05) is 0 Å². The number of benzene rings is 9. The van der Waals surface area contributed by atoms with Gasteiger partial charge in [-0.2, -0.15) is 0 Å². The Morgan fingerprint density at radius 1 is 0.259 bits per heavy atom. The molecule has 9 rings (SSSR count). The molecule has 0 aromatic heterocycles. The molecule has 0 aliphatic heterocycles. The summed E-state index contributed by atoms with van der Waals surface area (Å²) in [5.74, 6) is 0. The summed E-state index contributed by atoms with van der Waals surface area (Å²) in [5, 5.41) is 5.03. The second-order valence-electron chi connectivity index (χ2n) is 13.8. The molecule has 0 N–H and O–H groups in total. The van der Waals surface area contributed by atoms with Crippen LogP contribution < -0.4 is 0 Å². The second-order valence-corrected chi connectivity index (χ2v) is 13.8. The van der Waals surface area contributed by atoms with Crippen LogP contribution in [-0.2, 0) is 0 Å². The van der Waals surface area contributed by atoms with E-state index in [1.54, 1.807) is 0 Å². The smallest absolute Gasteiger partial charge is 0.0105 e. The van der Waals surface area contributed by atoms with E-state index in [1.165, 1.54) is 88.3 Å². The minimum absolute atomic E-state index is 1.18. The van der Waals surface area contributed by atoms with E-state index in [-0.39, 0.29) is 0 Å². The van der Waals surface area contributed by atoms with Gasteiger partial charge in [0.1, 0.15) is 0 Å². The molecule has 0 aliphatic carbocycles. The van der Waals surface area contributed by atoms with Gasteiger partial charge in [-0.25, -0.2) is 0 Å². The van der Waals surface area contributed by atoms with Crippen LogP contribution in [0.3, 0.4) is 0 Å². The lowest BCUT2D eigenvalue weighted by molar-refractivity contribution is 1.55. The van der Waals surface area contributed by atoms with Crippen LogP contribution in [0.15, 0.2) is 218 Å². The molecule has 0 fully saturated rings. The first-order chi connectivity index (χ1) is 26.7. The Hall–Kier alpha value is -7.02. The van der Waals surface area contributed by atoms with Crippen molar-refractivity contribution in [3.8, 4) is 22.3 Å². The van der Waals surface area contributed by atoms with Gasteiger partial charge in [0.15, 0.2) is 0 Å². The van der Waals surface area contributed by atoms with Crippen LogP contribution in [0, 0.1) is 0 Å². The maximum atomic E-state index is 2.32. The molecule has 0 atom stereocenters. The van der Waals surface area contributed by atoms with E-state index < -0.39 is 0 Å². The van der Waals surface area contributed by atoms with E-state index in [2.05, 4.69) is 231 Å². The van der Waals surface area contributed by atoms with Gasteiger partial charge in [-0.1, -0.05) is 206 Å². The van der Waals surface area contributed by atoms with E-state index in [0.29, 0.717) is 0 Å². The molecule has 0 unspecified atom stereocenters. The molecule has 0 heterocycles. The molecule has 0 spiro atoms. The van der Waals surface area contributed by atoms with Gasteiger partial charge in [0.05, 0.1) is 0 Å². The minimum atomic E-state index is 1.18. The molecule has 54 heavy (non-hydrogen) atoms. The Kier molecular flexibility index (Phi) is 9.07. The van der Waals surface area contributed by atoms with Gasteiger partial charge in [-0.05, 0) is 113 Å². The first kappa shape index (κ1) is 32.9. The number of rotatable bonds is 8. The lowest BCUT2D eigenvalue weighted by Crippen LogP contribution is -1.88. The fourth-order valence-electron chi connectivity index (χ4n) is 7.44. The van der Waals surface area contributed by atoms with Crippen LogP contribution in [-0.4, -0.2) is 0 Å². The molecule has 0 bridgehead atoms. The van der Waals surface area contributed by atoms with Crippen molar-refractivity contribution in [3.63, 3.8) is 0 Å². The lowest BCUT2D eigenvalue weighted by Gasteiger charge is -2.11. The average molecular weight is 687 g/mol. The average Bonchev–Trinajstić information content (AvgIpc) is 3.26. The zero-order chi connectivity index (χ0) is 36.1. The minimum Gasteiger partial charge on any atom is -0.0622 e. The maximum absolute atomic E-state index is 2.32. The van der Waals surface area contributed by atoms with Crippen molar-refractivity contribution >= 4 is 44.8 Å². The lowest BCUT2D eigenvalue weighted by atomic mass is 9.93. The first-order valence-corrected chi connectivity index (χ1v) is 18.6. The summed E-state index contributed by atoms with van der Waals surface area (Å²) in [4.78, 5) is 0. The third-order valence-electron chi connectivity index (χ3n) is 10.3. The van der Waals surface area contributed by atoms with Gasteiger partial charge in [-0.3, -0.25) is 0 Å². The molecule has 0 aliphatic rings. The van der Waals surface area contributed by atoms with Gasteiger partial charge in [0.2, 0.25) is 0 Å². The third-order valence-corrected chi connectivity index (χ3v) is 10.3. The quantitative estimate of drug-likeness (QED) is 0.110. The van der Waals surface area contributed by atoms with Crippen molar-refractivity contribution in [3.05, 3.63) is 252 Å².